The fraction of sp³-hybridized carbons (Fsp3) is 0.429. The zero-order valence-corrected chi connectivity index (χ0v) is 11.6. The molecule has 1 aliphatic rings. The Morgan fingerprint density at radius 3 is 3.05 bits per heavy atom. The van der Waals surface area contributed by atoms with Crippen LogP contribution in [0.5, 0.6) is 0 Å². The van der Waals surface area contributed by atoms with Gasteiger partial charge in [0, 0.05) is 38.1 Å². The lowest BCUT2D eigenvalue weighted by Gasteiger charge is -2.33. The minimum Gasteiger partial charge on any atom is -0.339 e. The van der Waals surface area contributed by atoms with E-state index in [2.05, 4.69) is 37.0 Å². The second-order valence-corrected chi connectivity index (χ2v) is 5.63. The van der Waals surface area contributed by atoms with Crippen molar-refractivity contribution in [3.63, 3.8) is 0 Å². The molecule has 0 amide bonds. The van der Waals surface area contributed by atoms with Crippen LogP contribution in [0.3, 0.4) is 0 Å². The maximum atomic E-state index is 4.34. The van der Waals surface area contributed by atoms with Crippen molar-refractivity contribution in [1.82, 2.24) is 15.3 Å². The number of aromatic nitrogens is 2. The van der Waals surface area contributed by atoms with Crippen LogP contribution in [-0.2, 0) is 6.54 Å². The summed E-state index contributed by atoms with van der Waals surface area (Å²) in [7, 11) is 0. The number of nitrogens with zero attached hydrogens (tertiary/aromatic N) is 3. The minimum atomic E-state index is 0.525. The van der Waals surface area contributed by atoms with Crippen LogP contribution in [0.15, 0.2) is 35.3 Å². The van der Waals surface area contributed by atoms with Crippen LogP contribution >= 0.6 is 11.3 Å². The third kappa shape index (κ3) is 3.30. The molecule has 100 valence electrons. The molecule has 4 nitrogen and oxygen atoms in total. The van der Waals surface area contributed by atoms with E-state index in [1.54, 1.807) is 11.3 Å². The molecule has 19 heavy (non-hydrogen) atoms. The highest BCUT2D eigenvalue weighted by Crippen LogP contribution is 2.16. The molecule has 3 rings (SSSR count). The average molecular weight is 274 g/mol. The average Bonchev–Trinajstić information content (AvgIpc) is 3.00. The van der Waals surface area contributed by atoms with E-state index in [9.17, 15) is 0 Å². The Morgan fingerprint density at radius 2 is 2.26 bits per heavy atom. The van der Waals surface area contributed by atoms with Crippen molar-refractivity contribution in [2.24, 2.45) is 0 Å². The van der Waals surface area contributed by atoms with Crippen molar-refractivity contribution in [3.8, 4) is 0 Å². The lowest BCUT2D eigenvalue weighted by Crippen LogP contribution is -2.46. The first-order valence-corrected chi connectivity index (χ1v) is 7.62. The Labute approximate surface area is 117 Å². The Hall–Kier alpha value is -1.46. The number of hydrogen-bond acceptors (Lipinski definition) is 5. The van der Waals surface area contributed by atoms with Crippen LogP contribution in [-0.4, -0.2) is 29.1 Å². The maximum Gasteiger partial charge on any atom is 0.225 e. The van der Waals surface area contributed by atoms with Gasteiger partial charge in [0.05, 0.1) is 0 Å². The van der Waals surface area contributed by atoms with Crippen LogP contribution in [0.25, 0.3) is 0 Å². The van der Waals surface area contributed by atoms with Gasteiger partial charge in [-0.1, -0.05) is 0 Å². The van der Waals surface area contributed by atoms with Crippen LogP contribution in [0.4, 0.5) is 5.95 Å². The first-order chi connectivity index (χ1) is 9.42. The van der Waals surface area contributed by atoms with E-state index in [0.717, 1.165) is 25.6 Å². The summed E-state index contributed by atoms with van der Waals surface area (Å²) < 4.78 is 0. The smallest absolute Gasteiger partial charge is 0.225 e. The van der Waals surface area contributed by atoms with Crippen molar-refractivity contribution in [3.05, 3.63) is 40.8 Å². The summed E-state index contributed by atoms with van der Waals surface area (Å²) in [6, 6.07) is 4.57. The number of piperidine rings is 1. The van der Waals surface area contributed by atoms with E-state index in [1.807, 2.05) is 18.5 Å². The van der Waals surface area contributed by atoms with E-state index in [-0.39, 0.29) is 0 Å². The van der Waals surface area contributed by atoms with Gasteiger partial charge in [-0.15, -0.1) is 0 Å². The van der Waals surface area contributed by atoms with Crippen molar-refractivity contribution >= 4 is 17.3 Å². The van der Waals surface area contributed by atoms with Gasteiger partial charge in [-0.3, -0.25) is 0 Å². The number of nitrogens with one attached hydrogen (secondary N) is 1. The van der Waals surface area contributed by atoms with Gasteiger partial charge < -0.3 is 10.2 Å². The molecule has 1 atom stereocenters. The maximum absolute atomic E-state index is 4.34. The molecule has 0 radical (unpaired) electrons. The first kappa shape index (κ1) is 12.6. The van der Waals surface area contributed by atoms with Gasteiger partial charge in [0.1, 0.15) is 0 Å². The molecule has 5 heteroatoms. The lowest BCUT2D eigenvalue weighted by molar-refractivity contribution is 0.418. The van der Waals surface area contributed by atoms with Crippen LogP contribution in [0.2, 0.25) is 0 Å². The summed E-state index contributed by atoms with van der Waals surface area (Å²) in [5, 5.41) is 7.96. The number of hydrogen-bond donors (Lipinski definition) is 1. The van der Waals surface area contributed by atoms with Crippen molar-refractivity contribution in [2.75, 3.05) is 18.0 Å². The van der Waals surface area contributed by atoms with E-state index in [4.69, 9.17) is 0 Å². The summed E-state index contributed by atoms with van der Waals surface area (Å²) in [6.45, 7) is 3.01. The monoisotopic (exact) mass is 274 g/mol. The molecule has 1 N–H and O–H groups in total. The number of thiophene rings is 1. The van der Waals surface area contributed by atoms with Crippen LogP contribution < -0.4 is 10.2 Å². The predicted octanol–water partition coefficient (Wildman–Crippen LogP) is 2.30. The molecule has 0 aromatic carbocycles. The SMILES string of the molecule is c1cnc(N2CCCC(NCc3ccsc3)C2)nc1. The molecule has 1 aliphatic heterocycles. The van der Waals surface area contributed by atoms with E-state index >= 15 is 0 Å². The van der Waals surface area contributed by atoms with Crippen LogP contribution in [0.1, 0.15) is 18.4 Å². The third-order valence-electron chi connectivity index (χ3n) is 3.43. The largest absolute Gasteiger partial charge is 0.339 e. The normalized spacial score (nSPS) is 19.6. The molecule has 3 heterocycles. The van der Waals surface area contributed by atoms with Crippen molar-refractivity contribution < 1.29 is 0 Å². The highest BCUT2D eigenvalue weighted by Gasteiger charge is 2.20. The zero-order valence-electron chi connectivity index (χ0n) is 10.8. The highest BCUT2D eigenvalue weighted by atomic mass is 32.1. The van der Waals surface area contributed by atoms with Gasteiger partial charge in [0.15, 0.2) is 0 Å². The lowest BCUT2D eigenvalue weighted by atomic mass is 10.1. The fourth-order valence-corrected chi connectivity index (χ4v) is 3.10. The van der Waals surface area contributed by atoms with Crippen molar-refractivity contribution in [2.45, 2.75) is 25.4 Å². The quantitative estimate of drug-likeness (QED) is 0.929. The van der Waals surface area contributed by atoms with Gasteiger partial charge >= 0.3 is 0 Å². The topological polar surface area (TPSA) is 41.1 Å². The molecule has 2 aromatic rings. The van der Waals surface area contributed by atoms with Crippen molar-refractivity contribution in [1.29, 1.82) is 0 Å². The molecule has 2 aromatic heterocycles. The molecule has 0 bridgehead atoms. The Morgan fingerprint density at radius 1 is 1.37 bits per heavy atom. The standard InChI is InChI=1S/C14H18N4S/c1-3-13(17-9-12-4-8-19-11-12)10-18(7-1)14-15-5-2-6-16-14/h2,4-6,8,11,13,17H,1,3,7,9-10H2. The van der Waals surface area contributed by atoms with Gasteiger partial charge in [-0.2, -0.15) is 11.3 Å². The minimum absolute atomic E-state index is 0.525. The number of rotatable bonds is 4. The van der Waals surface area contributed by atoms with E-state index < -0.39 is 0 Å². The van der Waals surface area contributed by atoms with E-state index in [1.165, 1.54) is 18.4 Å². The Kier molecular flexibility index (Phi) is 4.05. The molecule has 0 aliphatic carbocycles. The first-order valence-electron chi connectivity index (χ1n) is 6.68. The molecular weight excluding hydrogens is 256 g/mol. The summed E-state index contributed by atoms with van der Waals surface area (Å²) in [5.41, 5.74) is 1.37. The van der Waals surface area contributed by atoms with Gasteiger partial charge in [0.2, 0.25) is 5.95 Å². The summed E-state index contributed by atoms with van der Waals surface area (Å²) in [6.07, 6.45) is 6.04. The summed E-state index contributed by atoms with van der Waals surface area (Å²) >= 11 is 1.75. The highest BCUT2D eigenvalue weighted by molar-refractivity contribution is 7.07. The molecule has 1 saturated heterocycles. The molecule has 0 spiro atoms. The molecule has 1 fully saturated rings. The molecule has 1 unspecified atom stereocenters. The third-order valence-corrected chi connectivity index (χ3v) is 4.16. The second-order valence-electron chi connectivity index (χ2n) is 4.85. The second kappa shape index (κ2) is 6.12. The summed E-state index contributed by atoms with van der Waals surface area (Å²) in [4.78, 5) is 10.9. The molecule has 0 saturated carbocycles. The van der Waals surface area contributed by atoms with Gasteiger partial charge in [-0.25, -0.2) is 9.97 Å². The van der Waals surface area contributed by atoms with E-state index in [0.29, 0.717) is 6.04 Å². The summed E-state index contributed by atoms with van der Waals surface area (Å²) in [5.74, 6) is 0.851. The Bertz CT molecular complexity index is 485. The Balaban J connectivity index is 1.56. The van der Waals surface area contributed by atoms with Crippen LogP contribution in [0, 0.1) is 0 Å². The van der Waals surface area contributed by atoms with Gasteiger partial charge in [-0.05, 0) is 41.3 Å². The van der Waals surface area contributed by atoms with Gasteiger partial charge in [0.25, 0.3) is 0 Å². The zero-order chi connectivity index (χ0) is 12.9. The predicted molar refractivity (Wildman–Crippen MR) is 78.4 cm³/mol. The number of anilines is 1. The molecular formula is C14H18N4S. The fourth-order valence-electron chi connectivity index (χ4n) is 2.44.